The first-order valence-electron chi connectivity index (χ1n) is 5.76. The molecule has 0 saturated heterocycles. The first kappa shape index (κ1) is 11.0. The van der Waals surface area contributed by atoms with Crippen molar-refractivity contribution in [2.45, 2.75) is 25.7 Å². The summed E-state index contributed by atoms with van der Waals surface area (Å²) in [5, 5.41) is 0.660. The van der Waals surface area contributed by atoms with E-state index in [0.717, 1.165) is 0 Å². The third-order valence-electron chi connectivity index (χ3n) is 3.24. The predicted octanol–water partition coefficient (Wildman–Crippen LogP) is 2.38. The normalized spacial score (nSPS) is 17.3. The van der Waals surface area contributed by atoms with Crippen LogP contribution in [0, 0.1) is 0 Å². The Labute approximate surface area is 103 Å². The topological polar surface area (TPSA) is 56.5 Å². The smallest absolute Gasteiger partial charge is 0.343 e. The van der Waals surface area contributed by atoms with Gasteiger partial charge in [0.2, 0.25) is 0 Å². The summed E-state index contributed by atoms with van der Waals surface area (Å²) in [6.45, 7) is 3.69. The summed E-state index contributed by atoms with van der Waals surface area (Å²) < 4.78 is 10.5. The largest absolute Gasteiger partial charge is 0.425 e. The van der Waals surface area contributed by atoms with Crippen molar-refractivity contribution in [2.75, 3.05) is 0 Å². The highest BCUT2D eigenvalue weighted by Gasteiger charge is 2.38. The number of benzene rings is 1. The van der Waals surface area contributed by atoms with E-state index in [1.165, 1.54) is 0 Å². The van der Waals surface area contributed by atoms with Gasteiger partial charge in [-0.2, -0.15) is 0 Å². The summed E-state index contributed by atoms with van der Waals surface area (Å²) in [5.74, 6) is 0.0337. The Hall–Kier alpha value is -2.10. The van der Waals surface area contributed by atoms with Gasteiger partial charge in [0.05, 0.1) is 17.4 Å². The van der Waals surface area contributed by atoms with Gasteiger partial charge in [0.25, 0.3) is 0 Å². The minimum atomic E-state index is -0.560. The summed E-state index contributed by atoms with van der Waals surface area (Å²) in [4.78, 5) is 23.7. The first-order valence-corrected chi connectivity index (χ1v) is 5.76. The zero-order valence-corrected chi connectivity index (χ0v) is 10.1. The van der Waals surface area contributed by atoms with Crippen LogP contribution >= 0.6 is 0 Å². The molecule has 4 heteroatoms. The number of ether oxygens (including phenoxy) is 1. The Bertz CT molecular complexity index is 709. The van der Waals surface area contributed by atoms with Gasteiger partial charge in [0, 0.05) is 5.41 Å². The standard InChI is InChI=1S/C14H12O4/c1-14(2)7-10(15)18-12-8-5-3-4-6-9(8)17-13(16)11(12)14/h3-6H,7H2,1-2H3. The van der Waals surface area contributed by atoms with Crippen molar-refractivity contribution >= 4 is 16.9 Å². The van der Waals surface area contributed by atoms with Crippen LogP contribution in [-0.2, 0) is 10.2 Å². The van der Waals surface area contributed by atoms with Crippen molar-refractivity contribution in [1.29, 1.82) is 0 Å². The van der Waals surface area contributed by atoms with E-state index in [9.17, 15) is 9.59 Å². The van der Waals surface area contributed by atoms with Crippen LogP contribution < -0.4 is 10.4 Å². The lowest BCUT2D eigenvalue weighted by Gasteiger charge is -2.29. The zero-order valence-electron chi connectivity index (χ0n) is 10.1. The molecule has 0 atom stereocenters. The Morgan fingerprint density at radius 3 is 2.67 bits per heavy atom. The van der Waals surface area contributed by atoms with Gasteiger partial charge >= 0.3 is 11.6 Å². The van der Waals surface area contributed by atoms with Gasteiger partial charge in [0.15, 0.2) is 5.75 Å². The van der Waals surface area contributed by atoms with E-state index < -0.39 is 11.0 Å². The van der Waals surface area contributed by atoms with Gasteiger partial charge in [-0.1, -0.05) is 26.0 Å². The van der Waals surface area contributed by atoms with Gasteiger partial charge in [-0.3, -0.25) is 4.79 Å². The molecule has 3 rings (SSSR count). The number of carbonyl (C=O) groups is 1. The third kappa shape index (κ3) is 1.45. The Morgan fingerprint density at radius 1 is 1.17 bits per heavy atom. The fourth-order valence-corrected chi connectivity index (χ4v) is 2.41. The maximum atomic E-state index is 12.0. The van der Waals surface area contributed by atoms with Crippen molar-refractivity contribution in [3.63, 3.8) is 0 Å². The number of fused-ring (bicyclic) bond motifs is 3. The SMILES string of the molecule is CC1(C)CC(=O)Oc2c1c(=O)oc1ccccc21. The van der Waals surface area contributed by atoms with Crippen molar-refractivity contribution in [3.8, 4) is 5.75 Å². The summed E-state index contributed by atoms with van der Waals surface area (Å²) >= 11 is 0. The third-order valence-corrected chi connectivity index (χ3v) is 3.24. The quantitative estimate of drug-likeness (QED) is 0.527. The molecule has 92 valence electrons. The van der Waals surface area contributed by atoms with E-state index in [1.54, 1.807) is 18.2 Å². The molecule has 1 aliphatic rings. The average Bonchev–Trinajstić information content (AvgIpc) is 2.26. The van der Waals surface area contributed by atoms with Crippen LogP contribution in [0.1, 0.15) is 25.8 Å². The highest BCUT2D eigenvalue weighted by Crippen LogP contribution is 2.40. The van der Waals surface area contributed by atoms with Crippen molar-refractivity contribution < 1.29 is 13.9 Å². The molecule has 0 spiro atoms. The molecule has 4 nitrogen and oxygen atoms in total. The van der Waals surface area contributed by atoms with E-state index in [0.29, 0.717) is 22.3 Å². The maximum absolute atomic E-state index is 12.0. The van der Waals surface area contributed by atoms with E-state index in [1.807, 2.05) is 19.9 Å². The van der Waals surface area contributed by atoms with Crippen LogP contribution in [-0.4, -0.2) is 5.97 Å². The highest BCUT2D eigenvalue weighted by molar-refractivity contribution is 5.90. The number of carbonyl (C=O) groups excluding carboxylic acids is 1. The van der Waals surface area contributed by atoms with E-state index >= 15 is 0 Å². The van der Waals surface area contributed by atoms with Crippen LogP contribution in [0.25, 0.3) is 11.0 Å². The molecular formula is C14H12O4. The van der Waals surface area contributed by atoms with Crippen LogP contribution in [0.3, 0.4) is 0 Å². The summed E-state index contributed by atoms with van der Waals surface area (Å²) in [6, 6.07) is 7.06. The summed E-state index contributed by atoms with van der Waals surface area (Å²) in [7, 11) is 0. The monoisotopic (exact) mass is 244 g/mol. The Morgan fingerprint density at radius 2 is 1.89 bits per heavy atom. The minimum absolute atomic E-state index is 0.184. The molecule has 0 amide bonds. The van der Waals surface area contributed by atoms with Crippen LogP contribution in [0.2, 0.25) is 0 Å². The molecule has 0 aliphatic carbocycles. The lowest BCUT2D eigenvalue weighted by molar-refractivity contribution is -0.136. The molecule has 1 aromatic carbocycles. The number of hydrogen-bond acceptors (Lipinski definition) is 4. The minimum Gasteiger partial charge on any atom is -0.425 e. The number of hydrogen-bond donors (Lipinski definition) is 0. The van der Waals surface area contributed by atoms with E-state index in [4.69, 9.17) is 9.15 Å². The van der Waals surface area contributed by atoms with Crippen LogP contribution in [0.15, 0.2) is 33.5 Å². The fourth-order valence-electron chi connectivity index (χ4n) is 2.41. The van der Waals surface area contributed by atoms with Crippen molar-refractivity contribution in [1.82, 2.24) is 0 Å². The first-order chi connectivity index (χ1) is 8.49. The predicted molar refractivity (Wildman–Crippen MR) is 65.8 cm³/mol. The molecule has 0 fully saturated rings. The molecular weight excluding hydrogens is 232 g/mol. The van der Waals surface area contributed by atoms with Crippen LogP contribution in [0.5, 0.6) is 5.75 Å². The number of esters is 1. The second-order valence-corrected chi connectivity index (χ2v) is 5.12. The van der Waals surface area contributed by atoms with Gasteiger partial charge < -0.3 is 9.15 Å². The molecule has 1 aliphatic heterocycles. The number of para-hydroxylation sites is 1. The molecule has 0 radical (unpaired) electrons. The Balaban J connectivity index is 2.47. The summed E-state index contributed by atoms with van der Waals surface area (Å²) in [5.41, 5.74) is -0.108. The van der Waals surface area contributed by atoms with E-state index in [-0.39, 0.29) is 12.4 Å². The van der Waals surface area contributed by atoms with Gasteiger partial charge in [-0.25, -0.2) is 4.79 Å². The van der Waals surface area contributed by atoms with Gasteiger partial charge in [-0.15, -0.1) is 0 Å². The molecule has 2 aromatic rings. The molecule has 18 heavy (non-hydrogen) atoms. The lowest BCUT2D eigenvalue weighted by Crippen LogP contribution is -2.35. The molecule has 0 N–H and O–H groups in total. The molecule has 0 unspecified atom stereocenters. The van der Waals surface area contributed by atoms with Crippen molar-refractivity contribution in [3.05, 3.63) is 40.2 Å². The Kier molecular flexibility index (Phi) is 2.11. The summed E-state index contributed by atoms with van der Waals surface area (Å²) in [6.07, 6.45) is 0.184. The highest BCUT2D eigenvalue weighted by atomic mass is 16.5. The van der Waals surface area contributed by atoms with E-state index in [2.05, 4.69) is 0 Å². The second kappa shape index (κ2) is 3.45. The fraction of sp³-hybridized carbons (Fsp3) is 0.286. The van der Waals surface area contributed by atoms with Crippen LogP contribution in [0.4, 0.5) is 0 Å². The number of rotatable bonds is 0. The molecule has 1 aromatic heterocycles. The molecule has 2 heterocycles. The average molecular weight is 244 g/mol. The second-order valence-electron chi connectivity index (χ2n) is 5.12. The van der Waals surface area contributed by atoms with Gasteiger partial charge in [-0.05, 0) is 12.1 Å². The lowest BCUT2D eigenvalue weighted by atomic mass is 9.80. The van der Waals surface area contributed by atoms with Gasteiger partial charge in [0.1, 0.15) is 5.58 Å². The maximum Gasteiger partial charge on any atom is 0.343 e. The zero-order chi connectivity index (χ0) is 12.9. The molecule has 0 bridgehead atoms. The van der Waals surface area contributed by atoms with Crippen molar-refractivity contribution in [2.24, 2.45) is 0 Å². The molecule has 0 saturated carbocycles.